The molecule has 0 fully saturated rings. The first-order valence-electron chi connectivity index (χ1n) is 7.36. The van der Waals surface area contributed by atoms with E-state index >= 15 is 0 Å². The molecule has 0 amide bonds. The second-order valence-electron chi connectivity index (χ2n) is 4.95. The fourth-order valence-electron chi connectivity index (χ4n) is 1.66. The molecule has 0 radical (unpaired) electrons. The zero-order valence-electron chi connectivity index (χ0n) is 12.7. The highest BCUT2D eigenvalue weighted by Gasteiger charge is 2.14. The number of ether oxygens (including phenoxy) is 2. The average molecular weight is 272 g/mol. The second-order valence-corrected chi connectivity index (χ2v) is 4.95. The summed E-state index contributed by atoms with van der Waals surface area (Å²) < 4.78 is 10.2. The monoisotopic (exact) mass is 272 g/mol. The third-order valence-corrected chi connectivity index (χ3v) is 3.33. The lowest BCUT2D eigenvalue weighted by molar-refractivity contribution is -0.150. The summed E-state index contributed by atoms with van der Waals surface area (Å²) in [7, 11) is 0. The van der Waals surface area contributed by atoms with Crippen LogP contribution in [-0.2, 0) is 19.1 Å². The van der Waals surface area contributed by atoms with Crippen molar-refractivity contribution in [3.8, 4) is 0 Å². The van der Waals surface area contributed by atoms with Crippen LogP contribution in [0, 0.1) is 5.92 Å². The van der Waals surface area contributed by atoms with Gasteiger partial charge in [0.1, 0.15) is 6.10 Å². The van der Waals surface area contributed by atoms with Crippen molar-refractivity contribution in [2.24, 2.45) is 5.92 Å². The van der Waals surface area contributed by atoms with Crippen molar-refractivity contribution < 1.29 is 19.1 Å². The number of esters is 2. The maximum atomic E-state index is 11.6. The molecule has 0 bridgehead atoms. The Kier molecular flexibility index (Phi) is 10.2. The summed E-state index contributed by atoms with van der Waals surface area (Å²) in [5.41, 5.74) is 0. The highest BCUT2D eigenvalue weighted by molar-refractivity contribution is 5.70. The second kappa shape index (κ2) is 10.8. The highest BCUT2D eigenvalue weighted by Crippen LogP contribution is 2.12. The predicted molar refractivity (Wildman–Crippen MR) is 74.7 cm³/mol. The Bertz CT molecular complexity index is 263. The lowest BCUT2D eigenvalue weighted by Crippen LogP contribution is -2.21. The summed E-state index contributed by atoms with van der Waals surface area (Å²) in [4.78, 5) is 22.6. The first-order valence-corrected chi connectivity index (χ1v) is 7.36. The summed E-state index contributed by atoms with van der Waals surface area (Å²) >= 11 is 0. The van der Waals surface area contributed by atoms with Crippen LogP contribution in [-0.4, -0.2) is 24.6 Å². The van der Waals surface area contributed by atoms with E-state index in [0.717, 1.165) is 25.7 Å². The lowest BCUT2D eigenvalue weighted by atomic mass is 10.0. The molecule has 0 aliphatic heterocycles. The van der Waals surface area contributed by atoms with Gasteiger partial charge in [0.15, 0.2) is 0 Å². The van der Waals surface area contributed by atoms with Crippen molar-refractivity contribution in [2.75, 3.05) is 6.61 Å². The molecule has 0 aromatic rings. The first kappa shape index (κ1) is 17.9. The van der Waals surface area contributed by atoms with Crippen molar-refractivity contribution in [1.82, 2.24) is 0 Å². The van der Waals surface area contributed by atoms with Crippen LogP contribution >= 0.6 is 0 Å². The molecule has 2 unspecified atom stereocenters. The van der Waals surface area contributed by atoms with E-state index in [1.165, 1.54) is 0 Å². The van der Waals surface area contributed by atoms with E-state index in [1.54, 1.807) is 6.92 Å². The van der Waals surface area contributed by atoms with Gasteiger partial charge in [-0.15, -0.1) is 0 Å². The van der Waals surface area contributed by atoms with Crippen LogP contribution in [0.3, 0.4) is 0 Å². The van der Waals surface area contributed by atoms with Gasteiger partial charge in [-0.05, 0) is 32.6 Å². The maximum absolute atomic E-state index is 11.6. The average Bonchev–Trinajstić information content (AvgIpc) is 2.37. The summed E-state index contributed by atoms with van der Waals surface area (Å²) in [6, 6.07) is 0. The largest absolute Gasteiger partial charge is 0.466 e. The van der Waals surface area contributed by atoms with Gasteiger partial charge in [0.25, 0.3) is 0 Å². The van der Waals surface area contributed by atoms with Crippen molar-refractivity contribution >= 4 is 11.9 Å². The van der Waals surface area contributed by atoms with Crippen LogP contribution in [0.5, 0.6) is 0 Å². The maximum Gasteiger partial charge on any atom is 0.306 e. The fourth-order valence-corrected chi connectivity index (χ4v) is 1.66. The van der Waals surface area contributed by atoms with Gasteiger partial charge in [0, 0.05) is 12.8 Å². The van der Waals surface area contributed by atoms with E-state index in [2.05, 4.69) is 13.8 Å². The minimum absolute atomic E-state index is 0.0166. The van der Waals surface area contributed by atoms with E-state index < -0.39 is 0 Å². The molecule has 2 atom stereocenters. The number of rotatable bonds is 10. The first-order chi connectivity index (χ1) is 9.01. The van der Waals surface area contributed by atoms with Crippen molar-refractivity contribution in [2.45, 2.75) is 72.3 Å². The molecule has 4 nitrogen and oxygen atoms in total. The Morgan fingerprint density at radius 2 is 1.53 bits per heavy atom. The predicted octanol–water partition coefficient (Wildman–Crippen LogP) is 3.48. The molecule has 0 rings (SSSR count). The minimum atomic E-state index is -0.157. The van der Waals surface area contributed by atoms with Gasteiger partial charge in [-0.1, -0.05) is 26.7 Å². The van der Waals surface area contributed by atoms with Crippen LogP contribution in [0.15, 0.2) is 0 Å². The van der Waals surface area contributed by atoms with Crippen LogP contribution in [0.25, 0.3) is 0 Å². The zero-order valence-corrected chi connectivity index (χ0v) is 12.7. The summed E-state index contributed by atoms with van der Waals surface area (Å²) in [5.74, 6) is 0.104. The smallest absolute Gasteiger partial charge is 0.306 e. The molecule has 0 aromatic heterocycles. The normalized spacial score (nSPS) is 13.7. The molecule has 0 aliphatic carbocycles. The Morgan fingerprint density at radius 1 is 0.947 bits per heavy atom. The Balaban J connectivity index is 3.56. The SMILES string of the molecule is CCOC(=O)CCCCCC(=O)OC(C)C(C)CC. The number of hydrogen-bond donors (Lipinski definition) is 0. The van der Waals surface area contributed by atoms with Gasteiger partial charge in [0.05, 0.1) is 6.61 Å². The summed E-state index contributed by atoms with van der Waals surface area (Å²) in [6.07, 6.45) is 4.26. The van der Waals surface area contributed by atoms with E-state index in [4.69, 9.17) is 9.47 Å². The molecule has 0 spiro atoms. The Hall–Kier alpha value is -1.06. The molecule has 19 heavy (non-hydrogen) atoms. The molecule has 0 aromatic carbocycles. The summed E-state index contributed by atoms with van der Waals surface area (Å²) in [5, 5.41) is 0. The third kappa shape index (κ3) is 9.51. The fraction of sp³-hybridized carbons (Fsp3) is 0.867. The molecule has 112 valence electrons. The molecule has 0 heterocycles. The topological polar surface area (TPSA) is 52.6 Å². The highest BCUT2D eigenvalue weighted by atomic mass is 16.5. The molecule has 0 saturated carbocycles. The Labute approximate surface area is 116 Å². The molecule has 0 N–H and O–H groups in total. The third-order valence-electron chi connectivity index (χ3n) is 3.33. The molecule has 0 aliphatic rings. The quantitative estimate of drug-likeness (QED) is 0.451. The van der Waals surface area contributed by atoms with Crippen LogP contribution in [0.4, 0.5) is 0 Å². The van der Waals surface area contributed by atoms with Gasteiger partial charge < -0.3 is 9.47 Å². The number of carbonyl (C=O) groups is 2. The molecule has 4 heteroatoms. The Morgan fingerprint density at radius 3 is 2.05 bits per heavy atom. The lowest BCUT2D eigenvalue weighted by Gasteiger charge is -2.18. The zero-order chi connectivity index (χ0) is 14.7. The number of hydrogen-bond acceptors (Lipinski definition) is 4. The molecular formula is C15H28O4. The van der Waals surface area contributed by atoms with Crippen molar-refractivity contribution in [3.05, 3.63) is 0 Å². The van der Waals surface area contributed by atoms with Gasteiger partial charge in [0.2, 0.25) is 0 Å². The number of carbonyl (C=O) groups excluding carboxylic acids is 2. The standard InChI is InChI=1S/C15H28O4/c1-5-12(3)13(4)19-15(17)11-9-7-8-10-14(16)18-6-2/h12-13H,5-11H2,1-4H3. The van der Waals surface area contributed by atoms with Gasteiger partial charge in [-0.3, -0.25) is 9.59 Å². The molecule has 0 saturated heterocycles. The van der Waals surface area contributed by atoms with Crippen molar-refractivity contribution in [1.29, 1.82) is 0 Å². The van der Waals surface area contributed by atoms with Gasteiger partial charge in [-0.25, -0.2) is 0 Å². The molecular weight excluding hydrogens is 244 g/mol. The van der Waals surface area contributed by atoms with E-state index in [-0.39, 0.29) is 18.0 Å². The van der Waals surface area contributed by atoms with E-state index in [9.17, 15) is 9.59 Å². The van der Waals surface area contributed by atoms with Crippen LogP contribution in [0.2, 0.25) is 0 Å². The van der Waals surface area contributed by atoms with E-state index in [1.807, 2.05) is 6.92 Å². The van der Waals surface area contributed by atoms with E-state index in [0.29, 0.717) is 25.4 Å². The minimum Gasteiger partial charge on any atom is -0.466 e. The van der Waals surface area contributed by atoms with Gasteiger partial charge in [-0.2, -0.15) is 0 Å². The summed E-state index contributed by atoms with van der Waals surface area (Å²) in [6.45, 7) is 8.33. The van der Waals surface area contributed by atoms with Crippen molar-refractivity contribution in [3.63, 3.8) is 0 Å². The number of unbranched alkanes of at least 4 members (excludes halogenated alkanes) is 2. The van der Waals surface area contributed by atoms with Crippen LogP contribution in [0.1, 0.15) is 66.2 Å². The van der Waals surface area contributed by atoms with Crippen LogP contribution < -0.4 is 0 Å². The van der Waals surface area contributed by atoms with Gasteiger partial charge >= 0.3 is 11.9 Å².